The maximum atomic E-state index is 12.2. The van der Waals surface area contributed by atoms with Crippen LogP contribution in [0.1, 0.15) is 27.2 Å². The van der Waals surface area contributed by atoms with Crippen LogP contribution in [0.15, 0.2) is 35.1 Å². The summed E-state index contributed by atoms with van der Waals surface area (Å²) in [5.74, 6) is -0.150. The highest BCUT2D eigenvalue weighted by molar-refractivity contribution is 6.07. The first-order chi connectivity index (χ1) is 10.4. The Morgan fingerprint density at radius 2 is 2.05 bits per heavy atom. The van der Waals surface area contributed by atoms with E-state index < -0.39 is 11.3 Å². The first-order valence-corrected chi connectivity index (χ1v) is 6.73. The van der Waals surface area contributed by atoms with Crippen molar-refractivity contribution in [3.8, 4) is 11.5 Å². The van der Waals surface area contributed by atoms with Crippen molar-refractivity contribution in [3.63, 3.8) is 0 Å². The minimum Gasteiger partial charge on any atom is -0.504 e. The Labute approximate surface area is 127 Å². The highest BCUT2D eigenvalue weighted by Gasteiger charge is 2.12. The van der Waals surface area contributed by atoms with E-state index in [0.717, 1.165) is 0 Å². The van der Waals surface area contributed by atoms with Gasteiger partial charge in [-0.25, -0.2) is 0 Å². The second-order valence-electron chi connectivity index (χ2n) is 4.94. The quantitative estimate of drug-likeness (QED) is 0.672. The molecule has 0 radical (unpaired) electrons. The Morgan fingerprint density at radius 3 is 2.68 bits per heavy atom. The zero-order valence-electron chi connectivity index (χ0n) is 12.6. The van der Waals surface area contributed by atoms with Crippen LogP contribution in [0.2, 0.25) is 0 Å². The number of H-pyrrole nitrogens is 1. The second-order valence-corrected chi connectivity index (χ2v) is 4.94. The minimum atomic E-state index is -0.416. The predicted molar refractivity (Wildman–Crippen MR) is 84.6 cm³/mol. The molecule has 0 saturated heterocycles. The normalized spacial score (nSPS) is 10.9. The van der Waals surface area contributed by atoms with Crippen molar-refractivity contribution in [1.82, 2.24) is 4.98 Å². The van der Waals surface area contributed by atoms with Gasteiger partial charge in [0, 0.05) is 11.3 Å². The van der Waals surface area contributed by atoms with Crippen molar-refractivity contribution in [3.05, 3.63) is 63.1 Å². The van der Waals surface area contributed by atoms with E-state index >= 15 is 0 Å². The number of rotatable bonds is 4. The molecule has 0 bridgehead atoms. The molecule has 2 aromatic rings. The number of aromatic hydroxyl groups is 1. The average molecular weight is 299 g/mol. The number of hydrogen-bond donors (Lipinski definition) is 2. The molecule has 0 amide bonds. The van der Waals surface area contributed by atoms with Gasteiger partial charge in [-0.15, -0.1) is 0 Å². The van der Waals surface area contributed by atoms with E-state index in [2.05, 4.69) is 4.98 Å². The molecule has 1 heterocycles. The lowest BCUT2D eigenvalue weighted by Crippen LogP contribution is -2.19. The van der Waals surface area contributed by atoms with Gasteiger partial charge in [-0.05, 0) is 43.7 Å². The van der Waals surface area contributed by atoms with Crippen molar-refractivity contribution in [2.75, 3.05) is 7.11 Å². The van der Waals surface area contributed by atoms with Crippen molar-refractivity contribution in [2.24, 2.45) is 0 Å². The molecule has 1 aromatic carbocycles. The lowest BCUT2D eigenvalue weighted by molar-refractivity contribution is 0.104. The molecule has 2 rings (SSSR count). The van der Waals surface area contributed by atoms with Gasteiger partial charge in [-0.1, -0.05) is 12.1 Å². The van der Waals surface area contributed by atoms with Crippen LogP contribution in [-0.4, -0.2) is 23.0 Å². The van der Waals surface area contributed by atoms with Crippen LogP contribution in [-0.2, 0) is 0 Å². The van der Waals surface area contributed by atoms with Crippen LogP contribution in [0.4, 0.5) is 0 Å². The van der Waals surface area contributed by atoms with E-state index in [1.54, 1.807) is 38.1 Å². The van der Waals surface area contributed by atoms with Gasteiger partial charge >= 0.3 is 0 Å². The highest BCUT2D eigenvalue weighted by atomic mass is 16.5. The number of para-hydroxylation sites is 1. The largest absolute Gasteiger partial charge is 0.504 e. The fourth-order valence-electron chi connectivity index (χ4n) is 2.25. The summed E-state index contributed by atoms with van der Waals surface area (Å²) in [7, 11) is 1.45. The van der Waals surface area contributed by atoms with E-state index in [0.29, 0.717) is 22.6 Å². The van der Waals surface area contributed by atoms with Crippen LogP contribution in [0.3, 0.4) is 0 Å². The molecule has 0 aliphatic rings. The third-order valence-electron chi connectivity index (χ3n) is 3.28. The van der Waals surface area contributed by atoms with Crippen molar-refractivity contribution >= 4 is 11.9 Å². The van der Waals surface area contributed by atoms with Gasteiger partial charge in [0.05, 0.1) is 12.7 Å². The van der Waals surface area contributed by atoms with Gasteiger partial charge in [0.25, 0.3) is 5.56 Å². The van der Waals surface area contributed by atoms with E-state index in [9.17, 15) is 14.7 Å². The Morgan fingerprint density at radius 1 is 1.32 bits per heavy atom. The first kappa shape index (κ1) is 15.6. The van der Waals surface area contributed by atoms with E-state index in [1.807, 2.05) is 0 Å². The predicted octanol–water partition coefficient (Wildman–Crippen LogP) is 2.60. The maximum Gasteiger partial charge on any atom is 0.259 e. The smallest absolute Gasteiger partial charge is 0.259 e. The van der Waals surface area contributed by atoms with Crippen molar-refractivity contribution in [1.29, 1.82) is 0 Å². The van der Waals surface area contributed by atoms with Crippen LogP contribution >= 0.6 is 0 Å². The maximum absolute atomic E-state index is 12.2. The number of nitrogens with one attached hydrogen (secondary N) is 1. The van der Waals surface area contributed by atoms with Gasteiger partial charge < -0.3 is 14.8 Å². The summed E-state index contributed by atoms with van der Waals surface area (Å²) in [5, 5.41) is 9.96. The summed E-state index contributed by atoms with van der Waals surface area (Å²) in [6.07, 6.45) is 2.72. The van der Waals surface area contributed by atoms with E-state index in [1.165, 1.54) is 19.3 Å². The summed E-state index contributed by atoms with van der Waals surface area (Å²) in [6.45, 7) is 3.47. The SMILES string of the molecule is COc1cccc(C=CC(=O)c2c(C)cc(C)[nH]c2=O)c1O. The molecule has 0 aliphatic carbocycles. The standard InChI is InChI=1S/C17H17NO4/c1-10-9-11(2)18-17(21)15(10)13(19)8-7-12-5-4-6-14(22-3)16(12)20/h4-9,20H,1-3H3,(H,18,21). The average Bonchev–Trinajstić information content (AvgIpc) is 2.45. The molecule has 5 heteroatoms. The van der Waals surface area contributed by atoms with Gasteiger partial charge in [0.2, 0.25) is 0 Å². The number of carbonyl (C=O) groups is 1. The third kappa shape index (κ3) is 3.09. The van der Waals surface area contributed by atoms with Gasteiger partial charge in [0.1, 0.15) is 0 Å². The molecule has 0 saturated carbocycles. The van der Waals surface area contributed by atoms with Gasteiger partial charge in [0.15, 0.2) is 17.3 Å². The number of methoxy groups -OCH3 is 1. The van der Waals surface area contributed by atoms with Gasteiger partial charge in [-0.3, -0.25) is 9.59 Å². The number of ketones is 1. The summed E-state index contributed by atoms with van der Waals surface area (Å²) < 4.78 is 5.00. The minimum absolute atomic E-state index is 0.0522. The molecule has 0 fully saturated rings. The monoisotopic (exact) mass is 299 g/mol. The Hall–Kier alpha value is -2.82. The molecule has 0 unspecified atom stereocenters. The lowest BCUT2D eigenvalue weighted by Gasteiger charge is -2.05. The molecule has 2 N–H and O–H groups in total. The molecule has 22 heavy (non-hydrogen) atoms. The van der Waals surface area contributed by atoms with Crippen LogP contribution in [0.25, 0.3) is 6.08 Å². The van der Waals surface area contributed by atoms with Crippen LogP contribution in [0.5, 0.6) is 11.5 Å². The molecule has 0 aliphatic heterocycles. The number of phenolic OH excluding ortho intramolecular Hbond substituents is 1. The molecule has 1 aromatic heterocycles. The van der Waals surface area contributed by atoms with Crippen LogP contribution < -0.4 is 10.3 Å². The highest BCUT2D eigenvalue weighted by Crippen LogP contribution is 2.30. The topological polar surface area (TPSA) is 79.4 Å². The fraction of sp³-hybridized carbons (Fsp3) is 0.176. The summed E-state index contributed by atoms with van der Waals surface area (Å²) in [5.41, 5.74) is 1.44. The number of ether oxygens (including phenoxy) is 1. The number of carbonyl (C=O) groups excluding carboxylic acids is 1. The molecular formula is C17H17NO4. The number of allylic oxidation sites excluding steroid dienone is 1. The number of aryl methyl sites for hydroxylation is 2. The number of hydrogen-bond acceptors (Lipinski definition) is 4. The number of aromatic amines is 1. The molecule has 114 valence electrons. The summed E-state index contributed by atoms with van der Waals surface area (Å²) in [4.78, 5) is 26.7. The van der Waals surface area contributed by atoms with Crippen LogP contribution in [0, 0.1) is 13.8 Å². The second kappa shape index (κ2) is 6.30. The molecule has 5 nitrogen and oxygen atoms in total. The lowest BCUT2D eigenvalue weighted by atomic mass is 10.0. The summed E-state index contributed by atoms with van der Waals surface area (Å²) >= 11 is 0. The molecular weight excluding hydrogens is 282 g/mol. The number of phenols is 1. The number of aromatic nitrogens is 1. The number of pyridine rings is 1. The third-order valence-corrected chi connectivity index (χ3v) is 3.28. The Kier molecular flexibility index (Phi) is 4.46. The fourth-order valence-corrected chi connectivity index (χ4v) is 2.25. The first-order valence-electron chi connectivity index (χ1n) is 6.73. The van der Waals surface area contributed by atoms with Crippen molar-refractivity contribution < 1.29 is 14.6 Å². The van der Waals surface area contributed by atoms with E-state index in [-0.39, 0.29) is 11.3 Å². The zero-order chi connectivity index (χ0) is 16.3. The Balaban J connectivity index is 2.36. The number of benzene rings is 1. The van der Waals surface area contributed by atoms with Crippen molar-refractivity contribution in [2.45, 2.75) is 13.8 Å². The summed E-state index contributed by atoms with van der Waals surface area (Å²) in [6, 6.07) is 6.70. The Bertz CT molecular complexity index is 803. The van der Waals surface area contributed by atoms with Gasteiger partial charge in [-0.2, -0.15) is 0 Å². The van der Waals surface area contributed by atoms with E-state index in [4.69, 9.17) is 4.74 Å². The molecule has 0 atom stereocenters. The molecule has 0 spiro atoms. The zero-order valence-corrected chi connectivity index (χ0v) is 12.6.